The summed E-state index contributed by atoms with van der Waals surface area (Å²) in [5.74, 6) is 0.0272. The lowest BCUT2D eigenvalue weighted by atomic mass is 9.89. The Bertz CT molecular complexity index is 1060. The van der Waals surface area contributed by atoms with Gasteiger partial charge in [-0.05, 0) is 61.6 Å². The van der Waals surface area contributed by atoms with E-state index in [1.807, 2.05) is 13.1 Å². The van der Waals surface area contributed by atoms with Crippen molar-refractivity contribution in [1.82, 2.24) is 14.5 Å². The van der Waals surface area contributed by atoms with E-state index in [1.165, 1.54) is 6.07 Å². The highest BCUT2D eigenvalue weighted by atomic mass is 19.1. The monoisotopic (exact) mass is 382 g/mol. The number of likely N-dealkylation sites (tertiary alicyclic amines) is 1. The van der Waals surface area contributed by atoms with E-state index in [1.54, 1.807) is 39.9 Å². The summed E-state index contributed by atoms with van der Waals surface area (Å²) >= 11 is 0. The SMILES string of the molecule is CCn1cccc(NC(=O)N2CCC(c3c[nH]c4ccc(F)cc34)CC2)c1=O. The Morgan fingerprint density at radius 2 is 2.07 bits per heavy atom. The Morgan fingerprint density at radius 1 is 1.29 bits per heavy atom. The number of anilines is 1. The Morgan fingerprint density at radius 3 is 2.82 bits per heavy atom. The molecule has 0 aliphatic carbocycles. The number of amides is 2. The van der Waals surface area contributed by atoms with Crippen LogP contribution in [-0.4, -0.2) is 33.6 Å². The van der Waals surface area contributed by atoms with Gasteiger partial charge >= 0.3 is 6.03 Å². The molecule has 2 aromatic heterocycles. The molecule has 28 heavy (non-hydrogen) atoms. The largest absolute Gasteiger partial charge is 0.361 e. The third-order valence-corrected chi connectivity index (χ3v) is 5.50. The Hall–Kier alpha value is -3.09. The minimum absolute atomic E-state index is 0.200. The van der Waals surface area contributed by atoms with Crippen LogP contribution < -0.4 is 10.9 Å². The second-order valence-corrected chi connectivity index (χ2v) is 7.14. The molecule has 1 aliphatic rings. The molecule has 0 spiro atoms. The van der Waals surface area contributed by atoms with Crippen molar-refractivity contribution in [3.05, 3.63) is 64.5 Å². The van der Waals surface area contributed by atoms with E-state index in [-0.39, 0.29) is 23.3 Å². The molecule has 0 unspecified atom stereocenters. The number of hydrogen-bond donors (Lipinski definition) is 2. The zero-order chi connectivity index (χ0) is 19.7. The van der Waals surface area contributed by atoms with Gasteiger partial charge in [-0.2, -0.15) is 0 Å². The van der Waals surface area contributed by atoms with Crippen molar-refractivity contribution in [1.29, 1.82) is 0 Å². The fourth-order valence-corrected chi connectivity index (χ4v) is 3.92. The number of halogens is 1. The third-order valence-electron chi connectivity index (χ3n) is 5.50. The molecule has 0 radical (unpaired) electrons. The van der Waals surface area contributed by atoms with Gasteiger partial charge in [0.25, 0.3) is 5.56 Å². The van der Waals surface area contributed by atoms with Gasteiger partial charge in [-0.3, -0.25) is 4.79 Å². The molecular weight excluding hydrogens is 359 g/mol. The van der Waals surface area contributed by atoms with Crippen molar-refractivity contribution in [3.63, 3.8) is 0 Å². The van der Waals surface area contributed by atoms with E-state index in [9.17, 15) is 14.0 Å². The predicted molar refractivity (Wildman–Crippen MR) is 107 cm³/mol. The minimum Gasteiger partial charge on any atom is -0.361 e. The average Bonchev–Trinajstić information content (AvgIpc) is 3.12. The first-order chi connectivity index (χ1) is 13.6. The number of rotatable bonds is 3. The first-order valence-electron chi connectivity index (χ1n) is 9.58. The van der Waals surface area contributed by atoms with Crippen LogP contribution in [0.4, 0.5) is 14.9 Å². The Kier molecular flexibility index (Phi) is 4.90. The summed E-state index contributed by atoms with van der Waals surface area (Å²) in [5.41, 5.74) is 2.12. The molecule has 0 atom stereocenters. The van der Waals surface area contributed by atoms with Crippen molar-refractivity contribution >= 4 is 22.6 Å². The highest BCUT2D eigenvalue weighted by molar-refractivity contribution is 5.89. The number of nitrogens with one attached hydrogen (secondary N) is 2. The molecular formula is C21H23FN4O2. The molecule has 0 saturated carbocycles. The van der Waals surface area contributed by atoms with Crippen LogP contribution in [0, 0.1) is 5.82 Å². The van der Waals surface area contributed by atoms with Gasteiger partial charge in [-0.1, -0.05) is 0 Å². The summed E-state index contributed by atoms with van der Waals surface area (Å²) in [6.07, 6.45) is 5.24. The molecule has 1 aliphatic heterocycles. The summed E-state index contributed by atoms with van der Waals surface area (Å²) in [6.45, 7) is 3.62. The van der Waals surface area contributed by atoms with Crippen LogP contribution in [0.3, 0.4) is 0 Å². The number of aryl methyl sites for hydroxylation is 1. The van der Waals surface area contributed by atoms with E-state index < -0.39 is 0 Å². The first-order valence-corrected chi connectivity index (χ1v) is 9.58. The van der Waals surface area contributed by atoms with Gasteiger partial charge in [0.2, 0.25) is 0 Å². The molecule has 2 N–H and O–H groups in total. The van der Waals surface area contributed by atoms with E-state index in [0.717, 1.165) is 29.3 Å². The standard InChI is InChI=1S/C21H23FN4O2/c1-2-25-9-3-4-19(20(25)27)24-21(28)26-10-7-14(8-11-26)17-13-23-18-6-5-15(22)12-16(17)18/h3-6,9,12-14,23H,2,7-8,10-11H2,1H3,(H,24,28). The van der Waals surface area contributed by atoms with Crippen LogP contribution in [0.15, 0.2) is 47.5 Å². The van der Waals surface area contributed by atoms with Crippen LogP contribution in [0.1, 0.15) is 31.2 Å². The summed E-state index contributed by atoms with van der Waals surface area (Å²) in [7, 11) is 0. The molecule has 4 rings (SSSR count). The van der Waals surface area contributed by atoms with Gasteiger partial charge in [-0.25, -0.2) is 9.18 Å². The second-order valence-electron chi connectivity index (χ2n) is 7.14. The topological polar surface area (TPSA) is 70.1 Å². The molecule has 1 saturated heterocycles. The lowest BCUT2D eigenvalue weighted by Gasteiger charge is -2.32. The first kappa shape index (κ1) is 18.3. The van der Waals surface area contributed by atoms with Gasteiger partial charge in [-0.15, -0.1) is 0 Å². The van der Waals surface area contributed by atoms with Crippen LogP contribution >= 0.6 is 0 Å². The van der Waals surface area contributed by atoms with Gasteiger partial charge in [0.15, 0.2) is 0 Å². The molecule has 146 valence electrons. The highest BCUT2D eigenvalue weighted by Crippen LogP contribution is 2.33. The maximum absolute atomic E-state index is 13.6. The molecule has 3 aromatic rings. The molecule has 6 nitrogen and oxygen atoms in total. The van der Waals surface area contributed by atoms with Crippen LogP contribution in [-0.2, 0) is 6.54 Å². The zero-order valence-electron chi connectivity index (χ0n) is 15.7. The fourth-order valence-electron chi connectivity index (χ4n) is 3.92. The number of H-pyrrole nitrogens is 1. The molecule has 2 amide bonds. The van der Waals surface area contributed by atoms with Crippen LogP contribution in [0.5, 0.6) is 0 Å². The van der Waals surface area contributed by atoms with E-state index >= 15 is 0 Å². The number of nitrogens with zero attached hydrogens (tertiary/aromatic N) is 2. The van der Waals surface area contributed by atoms with Crippen molar-refractivity contribution in [3.8, 4) is 0 Å². The van der Waals surface area contributed by atoms with Gasteiger partial charge in [0.1, 0.15) is 11.5 Å². The maximum atomic E-state index is 13.6. The normalized spacial score (nSPS) is 15.1. The summed E-state index contributed by atoms with van der Waals surface area (Å²) < 4.78 is 15.2. The van der Waals surface area contributed by atoms with E-state index in [0.29, 0.717) is 25.3 Å². The third kappa shape index (κ3) is 3.40. The summed E-state index contributed by atoms with van der Waals surface area (Å²) in [6, 6.07) is 7.89. The number of piperidine rings is 1. The van der Waals surface area contributed by atoms with E-state index in [2.05, 4.69) is 10.3 Å². The smallest absolute Gasteiger partial charge is 0.321 e. The van der Waals surface area contributed by atoms with Crippen molar-refractivity contribution in [2.75, 3.05) is 18.4 Å². The molecule has 0 bridgehead atoms. The van der Waals surface area contributed by atoms with Gasteiger partial charge < -0.3 is 19.8 Å². The van der Waals surface area contributed by atoms with Crippen molar-refractivity contribution in [2.24, 2.45) is 0 Å². The minimum atomic E-state index is -0.255. The number of hydrogen-bond acceptors (Lipinski definition) is 2. The molecule has 3 heterocycles. The number of urea groups is 1. The quantitative estimate of drug-likeness (QED) is 0.721. The highest BCUT2D eigenvalue weighted by Gasteiger charge is 2.26. The maximum Gasteiger partial charge on any atom is 0.321 e. The number of benzene rings is 1. The number of fused-ring (bicyclic) bond motifs is 1. The molecule has 1 aromatic carbocycles. The predicted octanol–water partition coefficient (Wildman–Crippen LogP) is 3.90. The number of carbonyl (C=O) groups is 1. The number of carbonyl (C=O) groups excluding carboxylic acids is 1. The van der Waals surface area contributed by atoms with Crippen molar-refractivity contribution in [2.45, 2.75) is 32.2 Å². The lowest BCUT2D eigenvalue weighted by Crippen LogP contribution is -2.41. The van der Waals surface area contributed by atoms with Gasteiger partial charge in [0, 0.05) is 42.9 Å². The number of aromatic nitrogens is 2. The summed E-state index contributed by atoms with van der Waals surface area (Å²) in [5, 5.41) is 3.65. The zero-order valence-corrected chi connectivity index (χ0v) is 15.7. The fraction of sp³-hybridized carbons (Fsp3) is 0.333. The number of pyridine rings is 1. The summed E-state index contributed by atoms with van der Waals surface area (Å²) in [4.78, 5) is 29.8. The van der Waals surface area contributed by atoms with Crippen LogP contribution in [0.25, 0.3) is 10.9 Å². The average molecular weight is 382 g/mol. The second kappa shape index (κ2) is 7.50. The Labute approximate surface area is 162 Å². The van der Waals surface area contributed by atoms with E-state index in [4.69, 9.17) is 0 Å². The number of aromatic amines is 1. The molecule has 1 fully saturated rings. The van der Waals surface area contributed by atoms with Crippen LogP contribution in [0.2, 0.25) is 0 Å². The lowest BCUT2D eigenvalue weighted by molar-refractivity contribution is 0.194. The Balaban J connectivity index is 1.43. The van der Waals surface area contributed by atoms with Crippen molar-refractivity contribution < 1.29 is 9.18 Å². The van der Waals surface area contributed by atoms with Gasteiger partial charge in [0.05, 0.1) is 0 Å². The molecule has 7 heteroatoms.